The van der Waals surface area contributed by atoms with Gasteiger partial charge in [-0.2, -0.15) is 4.98 Å². The fraction of sp³-hybridized carbons (Fsp3) is 0.400. The van der Waals surface area contributed by atoms with Crippen LogP contribution in [0.3, 0.4) is 0 Å². The summed E-state index contributed by atoms with van der Waals surface area (Å²) >= 11 is 0. The van der Waals surface area contributed by atoms with Crippen LogP contribution in [-0.4, -0.2) is 60.1 Å². The molecule has 166 valence electrons. The van der Waals surface area contributed by atoms with E-state index in [4.69, 9.17) is 4.74 Å². The van der Waals surface area contributed by atoms with Gasteiger partial charge in [0, 0.05) is 67.5 Å². The van der Waals surface area contributed by atoms with Gasteiger partial charge >= 0.3 is 0 Å². The van der Waals surface area contributed by atoms with Crippen LogP contribution >= 0.6 is 0 Å². The second-order valence-corrected chi connectivity index (χ2v) is 8.46. The Morgan fingerprint density at radius 2 is 1.91 bits per heavy atom. The Labute approximate surface area is 188 Å². The Bertz CT molecular complexity index is 1090. The normalized spacial score (nSPS) is 16.6. The number of hydrogen-bond donors (Lipinski definition) is 1. The topological polar surface area (TPSA) is 70.6 Å². The van der Waals surface area contributed by atoms with E-state index in [-0.39, 0.29) is 5.91 Å². The maximum absolute atomic E-state index is 11.5. The van der Waals surface area contributed by atoms with Gasteiger partial charge < -0.3 is 15.0 Å². The minimum atomic E-state index is 0.0275. The van der Waals surface area contributed by atoms with Crippen molar-refractivity contribution >= 4 is 28.2 Å². The standard InChI is InChI=1S/C25H29N5O2/c31-23-8-6-19-7-9-24(28-25(19)27-23)32-17-2-1-12-29-13-15-30(16-14-29)22-5-3-4-20-18-26-11-10-21(20)22/h3-5,7,9-11,18H,1-2,6,8,12-17H2,(H,27,28,31). The molecule has 4 heterocycles. The molecule has 0 unspecified atom stereocenters. The predicted molar refractivity (Wildman–Crippen MR) is 126 cm³/mol. The van der Waals surface area contributed by atoms with E-state index in [0.29, 0.717) is 24.7 Å². The molecule has 1 N–H and O–H groups in total. The van der Waals surface area contributed by atoms with Gasteiger partial charge in [-0.15, -0.1) is 0 Å². The molecule has 7 heteroatoms. The van der Waals surface area contributed by atoms with Crippen LogP contribution in [0.5, 0.6) is 5.88 Å². The van der Waals surface area contributed by atoms with E-state index >= 15 is 0 Å². The number of aryl methyl sites for hydroxylation is 1. The molecule has 1 aromatic carbocycles. The van der Waals surface area contributed by atoms with Gasteiger partial charge in [0.15, 0.2) is 0 Å². The lowest BCUT2D eigenvalue weighted by molar-refractivity contribution is -0.116. The van der Waals surface area contributed by atoms with E-state index in [1.54, 1.807) is 0 Å². The Balaban J connectivity index is 1.04. The summed E-state index contributed by atoms with van der Waals surface area (Å²) in [6.45, 7) is 5.97. The molecule has 0 bridgehead atoms. The molecule has 2 aliphatic heterocycles. The number of benzene rings is 1. The number of nitrogens with zero attached hydrogens (tertiary/aromatic N) is 4. The molecule has 0 atom stereocenters. The third-order valence-electron chi connectivity index (χ3n) is 6.32. The first kappa shape index (κ1) is 20.7. The molecule has 1 fully saturated rings. The van der Waals surface area contributed by atoms with Gasteiger partial charge in [0.05, 0.1) is 6.61 Å². The summed E-state index contributed by atoms with van der Waals surface area (Å²) in [5.74, 6) is 1.27. The largest absolute Gasteiger partial charge is 0.478 e. The van der Waals surface area contributed by atoms with Crippen LogP contribution in [0.2, 0.25) is 0 Å². The van der Waals surface area contributed by atoms with Crippen LogP contribution in [0.1, 0.15) is 24.8 Å². The number of unbranched alkanes of at least 4 members (excludes halogenated alkanes) is 1. The van der Waals surface area contributed by atoms with Crippen molar-refractivity contribution in [2.45, 2.75) is 25.7 Å². The van der Waals surface area contributed by atoms with Crippen LogP contribution in [0, 0.1) is 0 Å². The van der Waals surface area contributed by atoms with Crippen molar-refractivity contribution in [1.82, 2.24) is 14.9 Å². The highest BCUT2D eigenvalue weighted by atomic mass is 16.5. The first-order valence-corrected chi connectivity index (χ1v) is 11.5. The molecule has 2 aliphatic rings. The number of piperazine rings is 1. The van der Waals surface area contributed by atoms with Crippen molar-refractivity contribution in [3.8, 4) is 5.88 Å². The zero-order chi connectivity index (χ0) is 21.8. The summed E-state index contributed by atoms with van der Waals surface area (Å²) in [5, 5.41) is 5.30. The van der Waals surface area contributed by atoms with Crippen LogP contribution in [-0.2, 0) is 11.2 Å². The van der Waals surface area contributed by atoms with E-state index in [9.17, 15) is 4.79 Å². The number of hydrogen-bond acceptors (Lipinski definition) is 6. The van der Waals surface area contributed by atoms with Crippen molar-refractivity contribution in [2.75, 3.05) is 49.5 Å². The lowest BCUT2D eigenvalue weighted by Gasteiger charge is -2.36. The molecule has 2 aromatic heterocycles. The lowest BCUT2D eigenvalue weighted by atomic mass is 10.1. The molecule has 3 aromatic rings. The van der Waals surface area contributed by atoms with Crippen molar-refractivity contribution in [3.05, 3.63) is 54.4 Å². The van der Waals surface area contributed by atoms with E-state index in [2.05, 4.69) is 49.4 Å². The summed E-state index contributed by atoms with van der Waals surface area (Å²) in [6, 6.07) is 12.5. The van der Waals surface area contributed by atoms with Gasteiger partial charge in [-0.3, -0.25) is 14.7 Å². The first-order valence-electron chi connectivity index (χ1n) is 11.5. The second-order valence-electron chi connectivity index (χ2n) is 8.46. The highest BCUT2D eigenvalue weighted by Crippen LogP contribution is 2.27. The number of fused-ring (bicyclic) bond motifs is 2. The number of aromatic nitrogens is 2. The molecule has 0 aliphatic carbocycles. The number of nitrogens with one attached hydrogen (secondary N) is 1. The molecule has 7 nitrogen and oxygen atoms in total. The quantitative estimate of drug-likeness (QED) is 0.578. The number of ether oxygens (including phenoxy) is 1. The summed E-state index contributed by atoms with van der Waals surface area (Å²) in [6.07, 6.45) is 7.18. The number of carbonyl (C=O) groups excluding carboxylic acids is 1. The SMILES string of the molecule is O=C1CCc2ccc(OCCCCN3CCN(c4cccc5cnccc45)CC3)nc2N1. The van der Waals surface area contributed by atoms with Gasteiger partial charge in [-0.25, -0.2) is 0 Å². The van der Waals surface area contributed by atoms with Crippen molar-refractivity contribution in [3.63, 3.8) is 0 Å². The fourth-order valence-corrected chi connectivity index (χ4v) is 4.51. The Hall–Kier alpha value is -3.19. The molecule has 0 radical (unpaired) electrons. The van der Waals surface area contributed by atoms with E-state index in [0.717, 1.165) is 57.5 Å². The van der Waals surface area contributed by atoms with Crippen LogP contribution < -0.4 is 15.0 Å². The number of amides is 1. The second kappa shape index (κ2) is 9.53. The van der Waals surface area contributed by atoms with Crippen LogP contribution in [0.25, 0.3) is 10.8 Å². The Kier molecular flexibility index (Phi) is 6.16. The minimum absolute atomic E-state index is 0.0275. The first-order chi connectivity index (χ1) is 15.8. The third kappa shape index (κ3) is 4.67. The molecule has 5 rings (SSSR count). The lowest BCUT2D eigenvalue weighted by Crippen LogP contribution is -2.46. The number of pyridine rings is 2. The van der Waals surface area contributed by atoms with Gasteiger partial charge in [0.2, 0.25) is 11.8 Å². The van der Waals surface area contributed by atoms with Crippen molar-refractivity contribution in [1.29, 1.82) is 0 Å². The molecule has 1 saturated heterocycles. The van der Waals surface area contributed by atoms with Gasteiger partial charge in [0.25, 0.3) is 0 Å². The number of carbonyl (C=O) groups is 1. The van der Waals surface area contributed by atoms with E-state index in [1.165, 1.54) is 16.5 Å². The van der Waals surface area contributed by atoms with Crippen LogP contribution in [0.4, 0.5) is 11.5 Å². The molecule has 32 heavy (non-hydrogen) atoms. The zero-order valence-corrected chi connectivity index (χ0v) is 18.3. The number of rotatable bonds is 7. The van der Waals surface area contributed by atoms with Gasteiger partial charge in [0.1, 0.15) is 5.82 Å². The molecule has 1 amide bonds. The summed E-state index contributed by atoms with van der Waals surface area (Å²) in [5.41, 5.74) is 2.39. The highest BCUT2D eigenvalue weighted by molar-refractivity contribution is 5.94. The van der Waals surface area contributed by atoms with Crippen molar-refractivity contribution < 1.29 is 9.53 Å². The molecule has 0 saturated carbocycles. The Morgan fingerprint density at radius 3 is 2.81 bits per heavy atom. The predicted octanol–water partition coefficient (Wildman–Crippen LogP) is 3.50. The maximum atomic E-state index is 11.5. The minimum Gasteiger partial charge on any atom is -0.478 e. The molecular weight excluding hydrogens is 402 g/mol. The summed E-state index contributed by atoms with van der Waals surface area (Å²) in [4.78, 5) is 25.2. The maximum Gasteiger partial charge on any atom is 0.225 e. The van der Waals surface area contributed by atoms with Crippen LogP contribution in [0.15, 0.2) is 48.8 Å². The average molecular weight is 432 g/mol. The Morgan fingerprint density at radius 1 is 1.00 bits per heavy atom. The fourth-order valence-electron chi connectivity index (χ4n) is 4.51. The summed E-state index contributed by atoms with van der Waals surface area (Å²) < 4.78 is 5.82. The smallest absolute Gasteiger partial charge is 0.225 e. The van der Waals surface area contributed by atoms with Gasteiger partial charge in [-0.1, -0.05) is 12.1 Å². The van der Waals surface area contributed by atoms with E-state index < -0.39 is 0 Å². The third-order valence-corrected chi connectivity index (χ3v) is 6.32. The monoisotopic (exact) mass is 431 g/mol. The number of anilines is 2. The summed E-state index contributed by atoms with van der Waals surface area (Å²) in [7, 11) is 0. The van der Waals surface area contributed by atoms with Gasteiger partial charge in [-0.05, 0) is 49.6 Å². The average Bonchev–Trinajstić information content (AvgIpc) is 2.83. The zero-order valence-electron chi connectivity index (χ0n) is 18.3. The molecular formula is C25H29N5O2. The highest BCUT2D eigenvalue weighted by Gasteiger charge is 2.19. The van der Waals surface area contributed by atoms with Crippen molar-refractivity contribution in [2.24, 2.45) is 0 Å². The molecule has 0 spiro atoms. The van der Waals surface area contributed by atoms with E-state index in [1.807, 2.05) is 24.5 Å².